The molecule has 0 spiro atoms. The molecule has 3 rings (SSSR count). The van der Waals surface area contributed by atoms with Crippen molar-refractivity contribution >= 4 is 23.3 Å². The monoisotopic (exact) mass is 383 g/mol. The second-order valence-corrected chi connectivity index (χ2v) is 6.25. The van der Waals surface area contributed by atoms with E-state index in [1.165, 1.54) is 13.3 Å². The molecule has 0 aliphatic carbocycles. The van der Waals surface area contributed by atoms with E-state index in [4.69, 9.17) is 16.3 Å². The van der Waals surface area contributed by atoms with E-state index in [0.29, 0.717) is 11.4 Å². The standard InChI is InChI=1S/C20H18ClN3O3/c1-13(14-8-4-3-5-9-14)23-16-12-22-24(19(25)18(16)21)17-11-7-6-10-15(17)20(26)27-2/h3-13,23H,1-2H3. The molecule has 0 amide bonds. The Morgan fingerprint density at radius 1 is 1.15 bits per heavy atom. The summed E-state index contributed by atoms with van der Waals surface area (Å²) in [4.78, 5) is 24.7. The number of nitrogens with zero attached hydrogens (tertiary/aromatic N) is 2. The molecule has 3 aromatic rings. The minimum atomic E-state index is -0.560. The zero-order valence-corrected chi connectivity index (χ0v) is 15.6. The van der Waals surface area contributed by atoms with Crippen molar-refractivity contribution in [2.75, 3.05) is 12.4 Å². The number of aromatic nitrogens is 2. The Kier molecular flexibility index (Phi) is 5.57. The molecule has 0 aliphatic rings. The number of ether oxygens (including phenoxy) is 1. The molecule has 1 aromatic heterocycles. The molecule has 0 aliphatic heterocycles. The maximum atomic E-state index is 12.7. The number of hydrogen-bond donors (Lipinski definition) is 1. The lowest BCUT2D eigenvalue weighted by atomic mass is 10.1. The van der Waals surface area contributed by atoms with Gasteiger partial charge in [-0.2, -0.15) is 9.78 Å². The zero-order chi connectivity index (χ0) is 19.4. The van der Waals surface area contributed by atoms with E-state index in [1.54, 1.807) is 24.3 Å². The first kappa shape index (κ1) is 18.7. The fraction of sp³-hybridized carbons (Fsp3) is 0.150. The van der Waals surface area contributed by atoms with Crippen LogP contribution in [0.15, 0.2) is 65.6 Å². The highest BCUT2D eigenvalue weighted by Crippen LogP contribution is 2.23. The highest BCUT2D eigenvalue weighted by atomic mass is 35.5. The lowest BCUT2D eigenvalue weighted by Crippen LogP contribution is -2.25. The van der Waals surface area contributed by atoms with Crippen LogP contribution in [0.2, 0.25) is 5.02 Å². The molecule has 1 unspecified atom stereocenters. The van der Waals surface area contributed by atoms with E-state index >= 15 is 0 Å². The first-order valence-electron chi connectivity index (χ1n) is 8.30. The Labute approximate surface area is 161 Å². The summed E-state index contributed by atoms with van der Waals surface area (Å²) in [6, 6.07) is 16.3. The van der Waals surface area contributed by atoms with E-state index in [2.05, 4.69) is 10.4 Å². The Bertz CT molecular complexity index is 1020. The first-order chi connectivity index (χ1) is 13.0. The topological polar surface area (TPSA) is 73.2 Å². The predicted octanol–water partition coefficient (Wildman–Crippen LogP) is 3.85. The van der Waals surface area contributed by atoms with Gasteiger partial charge in [-0.15, -0.1) is 0 Å². The van der Waals surface area contributed by atoms with E-state index in [1.807, 2.05) is 37.3 Å². The summed E-state index contributed by atoms with van der Waals surface area (Å²) in [5.41, 5.74) is 1.47. The molecule has 138 valence electrons. The highest BCUT2D eigenvalue weighted by Gasteiger charge is 2.18. The number of halogens is 1. The van der Waals surface area contributed by atoms with Crippen molar-refractivity contribution in [3.05, 3.63) is 87.3 Å². The summed E-state index contributed by atoms with van der Waals surface area (Å²) in [5, 5.41) is 7.37. The minimum absolute atomic E-state index is 0.00699. The number of anilines is 1. The molecule has 2 aromatic carbocycles. The highest BCUT2D eigenvalue weighted by molar-refractivity contribution is 6.33. The van der Waals surface area contributed by atoms with E-state index < -0.39 is 11.5 Å². The van der Waals surface area contributed by atoms with Crippen LogP contribution in [-0.4, -0.2) is 22.9 Å². The molecule has 0 bridgehead atoms. The Morgan fingerprint density at radius 3 is 2.52 bits per heavy atom. The molecule has 6 nitrogen and oxygen atoms in total. The number of nitrogens with one attached hydrogen (secondary N) is 1. The molecule has 0 fully saturated rings. The average Bonchev–Trinajstić information content (AvgIpc) is 2.71. The Balaban J connectivity index is 1.97. The van der Waals surface area contributed by atoms with Gasteiger partial charge in [-0.05, 0) is 24.6 Å². The molecular weight excluding hydrogens is 366 g/mol. The fourth-order valence-electron chi connectivity index (χ4n) is 2.70. The number of para-hydroxylation sites is 1. The minimum Gasteiger partial charge on any atom is -0.465 e. The van der Waals surface area contributed by atoms with Gasteiger partial charge in [-0.25, -0.2) is 4.79 Å². The third-order valence-corrected chi connectivity index (χ3v) is 4.49. The summed E-state index contributed by atoms with van der Waals surface area (Å²) >= 11 is 6.29. The maximum Gasteiger partial charge on any atom is 0.340 e. The second kappa shape index (κ2) is 8.05. The molecule has 0 radical (unpaired) electrons. The normalized spacial score (nSPS) is 11.7. The maximum absolute atomic E-state index is 12.7. The number of rotatable bonds is 5. The quantitative estimate of drug-likeness (QED) is 0.677. The van der Waals surface area contributed by atoms with Gasteiger partial charge in [0.15, 0.2) is 0 Å². The van der Waals surface area contributed by atoms with Crippen molar-refractivity contribution in [2.45, 2.75) is 13.0 Å². The van der Waals surface area contributed by atoms with Gasteiger partial charge in [0, 0.05) is 6.04 Å². The molecule has 0 saturated carbocycles. The summed E-state index contributed by atoms with van der Waals surface area (Å²) in [6.45, 7) is 1.96. The third-order valence-electron chi connectivity index (χ3n) is 4.13. The summed E-state index contributed by atoms with van der Waals surface area (Å²) in [6.07, 6.45) is 1.47. The molecule has 7 heteroatoms. The predicted molar refractivity (Wildman–Crippen MR) is 105 cm³/mol. The number of carbonyl (C=O) groups is 1. The van der Waals surface area contributed by atoms with E-state index in [9.17, 15) is 9.59 Å². The third kappa shape index (κ3) is 3.85. The van der Waals surface area contributed by atoms with Gasteiger partial charge in [0.2, 0.25) is 0 Å². The molecule has 1 N–H and O–H groups in total. The molecular formula is C20H18ClN3O3. The lowest BCUT2D eigenvalue weighted by Gasteiger charge is -2.17. The van der Waals surface area contributed by atoms with Gasteiger partial charge in [0.1, 0.15) is 5.02 Å². The van der Waals surface area contributed by atoms with Crippen LogP contribution < -0.4 is 10.9 Å². The Hall–Kier alpha value is -3.12. The van der Waals surface area contributed by atoms with Crippen LogP contribution in [0.4, 0.5) is 5.69 Å². The van der Waals surface area contributed by atoms with Crippen molar-refractivity contribution in [2.24, 2.45) is 0 Å². The van der Waals surface area contributed by atoms with E-state index in [-0.39, 0.29) is 16.6 Å². The molecule has 1 atom stereocenters. The van der Waals surface area contributed by atoms with Crippen LogP contribution in [0.1, 0.15) is 28.9 Å². The molecule has 1 heterocycles. The number of carbonyl (C=O) groups excluding carboxylic acids is 1. The van der Waals surface area contributed by atoms with Gasteiger partial charge in [-0.1, -0.05) is 54.1 Å². The first-order valence-corrected chi connectivity index (χ1v) is 8.67. The number of hydrogen-bond acceptors (Lipinski definition) is 5. The van der Waals surface area contributed by atoms with Gasteiger partial charge in [-0.3, -0.25) is 4.79 Å². The van der Waals surface area contributed by atoms with E-state index in [0.717, 1.165) is 10.2 Å². The van der Waals surface area contributed by atoms with Crippen molar-refractivity contribution in [1.82, 2.24) is 9.78 Å². The average molecular weight is 384 g/mol. The number of benzene rings is 2. The van der Waals surface area contributed by atoms with Crippen molar-refractivity contribution < 1.29 is 9.53 Å². The van der Waals surface area contributed by atoms with Crippen LogP contribution in [0.3, 0.4) is 0 Å². The second-order valence-electron chi connectivity index (χ2n) is 5.87. The van der Waals surface area contributed by atoms with Crippen molar-refractivity contribution in [1.29, 1.82) is 0 Å². The van der Waals surface area contributed by atoms with Crippen molar-refractivity contribution in [3.63, 3.8) is 0 Å². The lowest BCUT2D eigenvalue weighted by molar-refractivity contribution is 0.0600. The van der Waals surface area contributed by atoms with Gasteiger partial charge < -0.3 is 10.1 Å². The Morgan fingerprint density at radius 2 is 1.81 bits per heavy atom. The van der Waals surface area contributed by atoms with Gasteiger partial charge >= 0.3 is 5.97 Å². The van der Waals surface area contributed by atoms with Crippen LogP contribution in [0.25, 0.3) is 5.69 Å². The van der Waals surface area contributed by atoms with Crippen LogP contribution in [0.5, 0.6) is 0 Å². The number of methoxy groups -OCH3 is 1. The zero-order valence-electron chi connectivity index (χ0n) is 14.8. The van der Waals surface area contributed by atoms with Gasteiger partial charge in [0.05, 0.1) is 30.2 Å². The molecule has 0 saturated heterocycles. The SMILES string of the molecule is COC(=O)c1ccccc1-n1ncc(NC(C)c2ccccc2)c(Cl)c1=O. The van der Waals surface area contributed by atoms with Crippen LogP contribution in [-0.2, 0) is 4.74 Å². The smallest absolute Gasteiger partial charge is 0.340 e. The van der Waals surface area contributed by atoms with Crippen LogP contribution >= 0.6 is 11.6 Å². The summed E-state index contributed by atoms with van der Waals surface area (Å²) in [5.74, 6) is -0.560. The molecule has 27 heavy (non-hydrogen) atoms. The largest absolute Gasteiger partial charge is 0.465 e. The number of esters is 1. The summed E-state index contributed by atoms with van der Waals surface area (Å²) in [7, 11) is 1.28. The van der Waals surface area contributed by atoms with Gasteiger partial charge in [0.25, 0.3) is 5.56 Å². The summed E-state index contributed by atoms with van der Waals surface area (Å²) < 4.78 is 5.86. The van der Waals surface area contributed by atoms with Crippen molar-refractivity contribution in [3.8, 4) is 5.69 Å². The fourth-order valence-corrected chi connectivity index (χ4v) is 2.89. The van der Waals surface area contributed by atoms with Crippen LogP contribution in [0, 0.1) is 0 Å².